The fourth-order valence-electron chi connectivity index (χ4n) is 3.83. The van der Waals surface area contributed by atoms with Gasteiger partial charge in [0, 0.05) is 25.3 Å². The summed E-state index contributed by atoms with van der Waals surface area (Å²) in [6.07, 6.45) is 4.64. The fraction of sp³-hybridized carbons (Fsp3) is 0.400. The number of hydrogen-bond acceptors (Lipinski definition) is 5. The van der Waals surface area contributed by atoms with Crippen LogP contribution in [0.15, 0.2) is 36.8 Å². The number of urea groups is 1. The van der Waals surface area contributed by atoms with Crippen molar-refractivity contribution in [2.75, 3.05) is 6.61 Å². The van der Waals surface area contributed by atoms with Gasteiger partial charge in [-0.05, 0) is 30.9 Å². The lowest BCUT2D eigenvalue weighted by Crippen LogP contribution is -2.58. The van der Waals surface area contributed by atoms with Crippen LogP contribution in [0.25, 0.3) is 0 Å². The molecule has 1 aromatic heterocycles. The molecule has 2 fully saturated rings. The van der Waals surface area contributed by atoms with Gasteiger partial charge >= 0.3 is 6.03 Å². The van der Waals surface area contributed by atoms with E-state index < -0.39 is 0 Å². The van der Waals surface area contributed by atoms with Gasteiger partial charge in [-0.2, -0.15) is 0 Å². The maximum atomic E-state index is 12.4. The summed E-state index contributed by atoms with van der Waals surface area (Å²) in [7, 11) is 0. The summed E-state index contributed by atoms with van der Waals surface area (Å²) in [5.74, 6) is -0.0279. The molecular formula is C20H23N5O3. The number of aromatic nitrogens is 2. The molecule has 3 heterocycles. The lowest BCUT2D eigenvalue weighted by atomic mass is 9.85. The van der Waals surface area contributed by atoms with Gasteiger partial charge in [0.05, 0.1) is 17.3 Å². The molecule has 146 valence electrons. The van der Waals surface area contributed by atoms with Crippen LogP contribution in [0, 0.1) is 12.8 Å². The Labute approximate surface area is 163 Å². The van der Waals surface area contributed by atoms with E-state index in [1.807, 2.05) is 24.3 Å². The molecule has 28 heavy (non-hydrogen) atoms. The highest BCUT2D eigenvalue weighted by molar-refractivity contribution is 5.94. The molecule has 2 aliphatic heterocycles. The summed E-state index contributed by atoms with van der Waals surface area (Å²) in [6, 6.07) is 7.60. The molecule has 8 nitrogen and oxygen atoms in total. The number of carbonyl (C=O) groups is 2. The Balaban J connectivity index is 1.47. The zero-order chi connectivity index (χ0) is 19.5. The number of nitrogens with zero attached hydrogens (tertiary/aromatic N) is 2. The van der Waals surface area contributed by atoms with Crippen molar-refractivity contribution < 1.29 is 14.3 Å². The van der Waals surface area contributed by atoms with E-state index >= 15 is 0 Å². The summed E-state index contributed by atoms with van der Waals surface area (Å²) in [4.78, 5) is 32.4. The van der Waals surface area contributed by atoms with Crippen LogP contribution in [-0.2, 0) is 11.3 Å². The van der Waals surface area contributed by atoms with Crippen LogP contribution in [0.5, 0.6) is 0 Å². The van der Waals surface area contributed by atoms with Crippen molar-refractivity contribution in [3.05, 3.63) is 59.2 Å². The van der Waals surface area contributed by atoms with E-state index in [0.29, 0.717) is 24.4 Å². The van der Waals surface area contributed by atoms with Gasteiger partial charge in [-0.3, -0.25) is 4.79 Å². The van der Waals surface area contributed by atoms with Crippen molar-refractivity contribution in [2.24, 2.45) is 5.92 Å². The standard InChI is InChI=1S/C20H23N5O3/c1-12-16(10-21-11-23-12)18(26)22-9-13-4-2-5-14(8-13)17-15-6-3-7-28-19(15)25-20(27)24-17/h2,4-5,8,10-11,15,17,19H,3,6-7,9H2,1H3,(H,22,26)(H2,24,25,27)/t15-,17-,19-/m0/s1. The van der Waals surface area contributed by atoms with E-state index in [0.717, 1.165) is 24.0 Å². The van der Waals surface area contributed by atoms with Crippen molar-refractivity contribution in [1.82, 2.24) is 25.9 Å². The Morgan fingerprint density at radius 2 is 2.25 bits per heavy atom. The maximum Gasteiger partial charge on any atom is 0.317 e. The molecule has 0 bridgehead atoms. The molecule has 2 saturated heterocycles. The van der Waals surface area contributed by atoms with Gasteiger partial charge in [-0.1, -0.05) is 24.3 Å². The highest BCUT2D eigenvalue weighted by Gasteiger charge is 2.39. The minimum Gasteiger partial charge on any atom is -0.358 e. The highest BCUT2D eigenvalue weighted by Crippen LogP contribution is 2.34. The van der Waals surface area contributed by atoms with Gasteiger partial charge in [0.1, 0.15) is 12.6 Å². The average Bonchev–Trinajstić information content (AvgIpc) is 2.72. The summed E-state index contributed by atoms with van der Waals surface area (Å²) < 4.78 is 5.73. The molecule has 4 rings (SSSR count). The van der Waals surface area contributed by atoms with E-state index in [1.54, 1.807) is 6.92 Å². The molecule has 2 aliphatic rings. The van der Waals surface area contributed by atoms with Crippen LogP contribution in [0.1, 0.15) is 46.1 Å². The smallest absolute Gasteiger partial charge is 0.317 e. The van der Waals surface area contributed by atoms with E-state index in [1.165, 1.54) is 12.5 Å². The highest BCUT2D eigenvalue weighted by atomic mass is 16.5. The molecule has 0 unspecified atom stereocenters. The van der Waals surface area contributed by atoms with Gasteiger partial charge in [0.2, 0.25) is 0 Å². The number of aryl methyl sites for hydroxylation is 1. The molecule has 3 atom stereocenters. The van der Waals surface area contributed by atoms with Crippen LogP contribution in [-0.4, -0.2) is 34.7 Å². The Morgan fingerprint density at radius 1 is 1.36 bits per heavy atom. The van der Waals surface area contributed by atoms with Gasteiger partial charge in [-0.25, -0.2) is 14.8 Å². The SMILES string of the molecule is Cc1ncncc1C(=O)NCc1cccc([C@@H]2NC(=O)N[C@H]3OCCC[C@H]32)c1. The second kappa shape index (κ2) is 7.93. The number of hydrogen-bond donors (Lipinski definition) is 3. The summed E-state index contributed by atoms with van der Waals surface area (Å²) in [5, 5.41) is 8.79. The lowest BCUT2D eigenvalue weighted by Gasteiger charge is -2.42. The Kier molecular flexibility index (Phi) is 5.21. The number of carbonyl (C=O) groups excluding carboxylic acids is 2. The number of rotatable bonds is 4. The van der Waals surface area contributed by atoms with Crippen LogP contribution in [0.2, 0.25) is 0 Å². The minimum atomic E-state index is -0.253. The molecule has 0 saturated carbocycles. The third-order valence-electron chi connectivity index (χ3n) is 5.28. The van der Waals surface area contributed by atoms with Crippen LogP contribution in [0.4, 0.5) is 4.79 Å². The van der Waals surface area contributed by atoms with Gasteiger partial charge in [0.15, 0.2) is 0 Å². The average molecular weight is 381 g/mol. The van der Waals surface area contributed by atoms with Crippen LogP contribution in [0.3, 0.4) is 0 Å². The minimum absolute atomic E-state index is 0.112. The third-order valence-corrected chi connectivity index (χ3v) is 5.28. The number of nitrogens with one attached hydrogen (secondary N) is 3. The van der Waals surface area contributed by atoms with Crippen molar-refractivity contribution in [2.45, 2.75) is 38.6 Å². The zero-order valence-corrected chi connectivity index (χ0v) is 15.6. The van der Waals surface area contributed by atoms with E-state index in [2.05, 4.69) is 25.9 Å². The van der Waals surface area contributed by atoms with Crippen molar-refractivity contribution >= 4 is 11.9 Å². The summed E-state index contributed by atoms with van der Waals surface area (Å²) in [6.45, 7) is 2.83. The number of amides is 3. The Morgan fingerprint density at radius 3 is 3.11 bits per heavy atom. The topological polar surface area (TPSA) is 105 Å². The third kappa shape index (κ3) is 3.82. The van der Waals surface area contributed by atoms with Crippen molar-refractivity contribution in [3.63, 3.8) is 0 Å². The quantitative estimate of drug-likeness (QED) is 0.749. The molecule has 2 aromatic rings. The normalized spacial score (nSPS) is 23.9. The maximum absolute atomic E-state index is 12.4. The molecular weight excluding hydrogens is 358 g/mol. The molecule has 3 N–H and O–H groups in total. The first kappa shape index (κ1) is 18.4. The molecule has 3 amide bonds. The predicted octanol–water partition coefficient (Wildman–Crippen LogP) is 1.82. The molecule has 0 spiro atoms. The second-order valence-electron chi connectivity index (χ2n) is 7.14. The van der Waals surface area contributed by atoms with Crippen molar-refractivity contribution in [3.8, 4) is 0 Å². The Hall–Kier alpha value is -3.00. The number of fused-ring (bicyclic) bond motifs is 1. The first-order chi connectivity index (χ1) is 13.6. The molecule has 0 radical (unpaired) electrons. The van der Waals surface area contributed by atoms with E-state index in [4.69, 9.17) is 4.74 Å². The predicted molar refractivity (Wildman–Crippen MR) is 101 cm³/mol. The monoisotopic (exact) mass is 381 g/mol. The lowest BCUT2D eigenvalue weighted by molar-refractivity contribution is -0.0602. The fourth-order valence-corrected chi connectivity index (χ4v) is 3.83. The van der Waals surface area contributed by atoms with E-state index in [-0.39, 0.29) is 30.1 Å². The Bertz CT molecular complexity index is 888. The first-order valence-electron chi connectivity index (χ1n) is 9.44. The number of ether oxygens (including phenoxy) is 1. The zero-order valence-electron chi connectivity index (χ0n) is 15.6. The van der Waals surface area contributed by atoms with Gasteiger partial charge in [-0.15, -0.1) is 0 Å². The first-order valence-corrected chi connectivity index (χ1v) is 9.44. The molecule has 0 aliphatic carbocycles. The molecule has 1 aromatic carbocycles. The van der Waals surface area contributed by atoms with Crippen LogP contribution < -0.4 is 16.0 Å². The van der Waals surface area contributed by atoms with Crippen molar-refractivity contribution in [1.29, 1.82) is 0 Å². The molecule has 8 heteroatoms. The van der Waals surface area contributed by atoms with E-state index in [9.17, 15) is 9.59 Å². The van der Waals surface area contributed by atoms with Crippen LogP contribution >= 0.6 is 0 Å². The number of benzene rings is 1. The summed E-state index contributed by atoms with van der Waals surface area (Å²) in [5.41, 5.74) is 3.08. The second-order valence-corrected chi connectivity index (χ2v) is 7.14. The van der Waals surface area contributed by atoms with Gasteiger partial charge < -0.3 is 20.7 Å². The largest absolute Gasteiger partial charge is 0.358 e. The van der Waals surface area contributed by atoms with Gasteiger partial charge in [0.25, 0.3) is 5.91 Å². The summed E-state index contributed by atoms with van der Waals surface area (Å²) >= 11 is 0.